The highest BCUT2D eigenvalue weighted by Gasteiger charge is 2.27. The number of benzene rings is 1. The molecule has 0 radical (unpaired) electrons. The van der Waals surface area contributed by atoms with Gasteiger partial charge in [0.05, 0.1) is 14.2 Å². The first-order chi connectivity index (χ1) is 14.7. The smallest absolute Gasteiger partial charge is 0.212 e. The molecule has 30 heavy (non-hydrogen) atoms. The molecule has 152 valence electrons. The number of rotatable bonds is 5. The van der Waals surface area contributed by atoms with Crippen LogP contribution in [-0.2, 0) is 6.42 Å². The maximum absolute atomic E-state index is 6.21. The number of aromatic nitrogens is 4. The number of fused-ring (bicyclic) bond motifs is 2. The Hall–Kier alpha value is -3.81. The second-order valence-corrected chi connectivity index (χ2v) is 6.92. The Morgan fingerprint density at radius 1 is 1.10 bits per heavy atom. The molecule has 1 N–H and O–H groups in total. The first-order valence-corrected chi connectivity index (χ1v) is 9.52. The zero-order valence-corrected chi connectivity index (χ0v) is 16.6. The Morgan fingerprint density at radius 2 is 2.00 bits per heavy atom. The van der Waals surface area contributed by atoms with Crippen molar-refractivity contribution in [1.29, 1.82) is 0 Å². The van der Waals surface area contributed by atoms with Crippen LogP contribution in [-0.4, -0.2) is 40.8 Å². The number of hydrogen-bond acceptors (Lipinski definition) is 7. The van der Waals surface area contributed by atoms with E-state index in [1.54, 1.807) is 38.9 Å². The van der Waals surface area contributed by atoms with Crippen LogP contribution in [0.3, 0.4) is 0 Å². The standard InChI is InChI=1S/C22H20N4O4/c1-27-16-8-13(7-15-11-26-22-20(15)23-5-6-24-22)9-17-21(16)30-18(12-29-17)14-3-4-19(28-2)25-10-14/h3-6,8-11,18H,7,12H2,1-2H3,(H,24,26). The Morgan fingerprint density at radius 3 is 2.80 bits per heavy atom. The van der Waals surface area contributed by atoms with E-state index in [1.807, 2.05) is 24.4 Å². The molecule has 8 nitrogen and oxygen atoms in total. The molecule has 1 aliphatic heterocycles. The van der Waals surface area contributed by atoms with E-state index in [4.69, 9.17) is 18.9 Å². The fourth-order valence-electron chi connectivity index (χ4n) is 3.57. The van der Waals surface area contributed by atoms with E-state index in [9.17, 15) is 0 Å². The van der Waals surface area contributed by atoms with Gasteiger partial charge in [-0.1, -0.05) is 0 Å². The molecule has 8 heteroatoms. The second kappa shape index (κ2) is 7.55. The van der Waals surface area contributed by atoms with Gasteiger partial charge in [-0.25, -0.2) is 9.97 Å². The Balaban J connectivity index is 1.43. The van der Waals surface area contributed by atoms with Crippen molar-refractivity contribution in [2.75, 3.05) is 20.8 Å². The van der Waals surface area contributed by atoms with Gasteiger partial charge in [0.15, 0.2) is 23.3 Å². The number of nitrogens with one attached hydrogen (secondary N) is 1. The van der Waals surface area contributed by atoms with Crippen molar-refractivity contribution < 1.29 is 18.9 Å². The van der Waals surface area contributed by atoms with E-state index < -0.39 is 0 Å². The van der Waals surface area contributed by atoms with E-state index in [1.165, 1.54) is 0 Å². The van der Waals surface area contributed by atoms with Crippen LogP contribution in [0.4, 0.5) is 0 Å². The van der Waals surface area contributed by atoms with Crippen molar-refractivity contribution in [3.63, 3.8) is 0 Å². The predicted molar refractivity (Wildman–Crippen MR) is 109 cm³/mol. The third-order valence-corrected chi connectivity index (χ3v) is 5.07. The molecule has 0 aliphatic carbocycles. The fraction of sp³-hybridized carbons (Fsp3) is 0.227. The molecule has 5 rings (SSSR count). The van der Waals surface area contributed by atoms with Crippen LogP contribution in [0.2, 0.25) is 0 Å². The summed E-state index contributed by atoms with van der Waals surface area (Å²) in [5.41, 5.74) is 4.63. The zero-order chi connectivity index (χ0) is 20.5. The molecular formula is C22H20N4O4. The summed E-state index contributed by atoms with van der Waals surface area (Å²) in [6, 6.07) is 7.67. The highest BCUT2D eigenvalue weighted by molar-refractivity contribution is 5.75. The summed E-state index contributed by atoms with van der Waals surface area (Å²) in [6.07, 6.45) is 7.41. The van der Waals surface area contributed by atoms with Gasteiger partial charge >= 0.3 is 0 Å². The maximum Gasteiger partial charge on any atom is 0.212 e. The first kappa shape index (κ1) is 18.2. The van der Waals surface area contributed by atoms with E-state index >= 15 is 0 Å². The average molecular weight is 404 g/mol. The molecule has 0 fully saturated rings. The van der Waals surface area contributed by atoms with Crippen molar-refractivity contribution in [1.82, 2.24) is 19.9 Å². The lowest BCUT2D eigenvalue weighted by molar-refractivity contribution is 0.0867. The van der Waals surface area contributed by atoms with Crippen molar-refractivity contribution >= 4 is 11.2 Å². The van der Waals surface area contributed by atoms with Crippen molar-refractivity contribution in [3.8, 4) is 23.1 Å². The fourth-order valence-corrected chi connectivity index (χ4v) is 3.57. The predicted octanol–water partition coefficient (Wildman–Crippen LogP) is 3.47. The molecule has 0 amide bonds. The second-order valence-electron chi connectivity index (χ2n) is 6.92. The topological polar surface area (TPSA) is 91.4 Å². The summed E-state index contributed by atoms with van der Waals surface area (Å²) >= 11 is 0. The summed E-state index contributed by atoms with van der Waals surface area (Å²) in [5.74, 6) is 2.43. The summed E-state index contributed by atoms with van der Waals surface area (Å²) in [6.45, 7) is 0.381. The van der Waals surface area contributed by atoms with Gasteiger partial charge in [0.2, 0.25) is 11.6 Å². The number of hydrogen-bond donors (Lipinski definition) is 1. The SMILES string of the molecule is COc1ccc(C2COc3cc(Cc4c[nH]c5nccnc45)cc(OC)c3O2)cn1. The molecule has 1 unspecified atom stereocenters. The lowest BCUT2D eigenvalue weighted by Crippen LogP contribution is -2.22. The van der Waals surface area contributed by atoms with Crippen molar-refractivity contribution in [2.45, 2.75) is 12.5 Å². The molecule has 0 saturated carbocycles. The summed E-state index contributed by atoms with van der Waals surface area (Å²) in [4.78, 5) is 16.1. The summed E-state index contributed by atoms with van der Waals surface area (Å²) in [5, 5.41) is 0. The van der Waals surface area contributed by atoms with Crippen LogP contribution in [0.15, 0.2) is 49.1 Å². The monoisotopic (exact) mass is 404 g/mol. The van der Waals surface area contributed by atoms with Crippen LogP contribution >= 0.6 is 0 Å². The third kappa shape index (κ3) is 3.26. The number of aromatic amines is 1. The minimum atomic E-state index is -0.278. The quantitative estimate of drug-likeness (QED) is 0.544. The van der Waals surface area contributed by atoms with Gasteiger partial charge in [-0.15, -0.1) is 0 Å². The van der Waals surface area contributed by atoms with Crippen molar-refractivity contribution in [2.24, 2.45) is 0 Å². The van der Waals surface area contributed by atoms with Crippen molar-refractivity contribution in [3.05, 3.63) is 65.7 Å². The van der Waals surface area contributed by atoms with Gasteiger partial charge < -0.3 is 23.9 Å². The van der Waals surface area contributed by atoms with Crippen LogP contribution in [0, 0.1) is 0 Å². The van der Waals surface area contributed by atoms with Crippen LogP contribution in [0.25, 0.3) is 11.2 Å². The van der Waals surface area contributed by atoms with Crippen LogP contribution in [0.1, 0.15) is 22.8 Å². The lowest BCUT2D eigenvalue weighted by atomic mass is 10.0. The molecule has 4 heterocycles. The molecule has 0 spiro atoms. The highest BCUT2D eigenvalue weighted by atomic mass is 16.6. The summed E-state index contributed by atoms with van der Waals surface area (Å²) < 4.78 is 23.0. The number of nitrogens with zero attached hydrogens (tertiary/aromatic N) is 3. The van der Waals surface area contributed by atoms with Gasteiger partial charge in [0.1, 0.15) is 12.1 Å². The minimum absolute atomic E-state index is 0.278. The number of ether oxygens (including phenoxy) is 4. The average Bonchev–Trinajstić information content (AvgIpc) is 3.21. The maximum atomic E-state index is 6.21. The van der Waals surface area contributed by atoms with Crippen LogP contribution < -0.4 is 18.9 Å². The molecule has 3 aromatic heterocycles. The van der Waals surface area contributed by atoms with E-state index in [0.717, 1.165) is 27.9 Å². The molecule has 1 aliphatic rings. The Kier molecular flexibility index (Phi) is 4.59. The number of H-pyrrole nitrogens is 1. The van der Waals surface area contributed by atoms with E-state index in [2.05, 4.69) is 19.9 Å². The number of pyridine rings is 1. The summed E-state index contributed by atoms with van der Waals surface area (Å²) in [7, 11) is 3.21. The molecule has 0 bridgehead atoms. The van der Waals surface area contributed by atoms with E-state index in [-0.39, 0.29) is 6.10 Å². The lowest BCUT2D eigenvalue weighted by Gasteiger charge is -2.28. The molecular weight excluding hydrogens is 384 g/mol. The molecule has 1 aromatic carbocycles. The van der Waals surface area contributed by atoms with Gasteiger partial charge in [-0.2, -0.15) is 0 Å². The molecule has 4 aromatic rings. The minimum Gasteiger partial charge on any atom is -0.493 e. The normalized spacial score (nSPS) is 15.2. The zero-order valence-electron chi connectivity index (χ0n) is 16.6. The third-order valence-electron chi connectivity index (χ3n) is 5.07. The molecule has 0 saturated heterocycles. The Labute approximate surface area is 172 Å². The number of methoxy groups -OCH3 is 2. The van der Waals surface area contributed by atoms with Gasteiger partial charge in [0.25, 0.3) is 0 Å². The van der Waals surface area contributed by atoms with Gasteiger partial charge in [-0.3, -0.25) is 4.98 Å². The molecule has 1 atom stereocenters. The van der Waals surface area contributed by atoms with Crippen LogP contribution in [0.5, 0.6) is 23.1 Å². The Bertz CT molecular complexity index is 1170. The van der Waals surface area contributed by atoms with Gasteiger partial charge in [-0.05, 0) is 23.8 Å². The first-order valence-electron chi connectivity index (χ1n) is 9.52. The highest BCUT2D eigenvalue weighted by Crippen LogP contribution is 2.44. The largest absolute Gasteiger partial charge is 0.493 e. The van der Waals surface area contributed by atoms with Gasteiger partial charge in [0, 0.05) is 48.4 Å². The van der Waals surface area contributed by atoms with E-state index in [0.29, 0.717) is 36.2 Å².